The van der Waals surface area contributed by atoms with Gasteiger partial charge in [-0.05, 0) is 12.0 Å². The van der Waals surface area contributed by atoms with Crippen LogP contribution in [0.15, 0.2) is 30.3 Å². The molecule has 0 amide bonds. The third-order valence-electron chi connectivity index (χ3n) is 3.55. The van der Waals surface area contributed by atoms with E-state index < -0.39 is 0 Å². The van der Waals surface area contributed by atoms with E-state index in [2.05, 4.69) is 6.92 Å². The van der Waals surface area contributed by atoms with Crippen LogP contribution in [0, 0.1) is 10.1 Å². The fourth-order valence-electron chi connectivity index (χ4n) is 2.44. The molecule has 3 nitrogen and oxygen atoms in total. The van der Waals surface area contributed by atoms with Crippen LogP contribution in [-0.4, -0.2) is 11.5 Å². The summed E-state index contributed by atoms with van der Waals surface area (Å²) in [5.74, 6) is 0.0716. The Morgan fingerprint density at radius 2 is 1.68 bits per heavy atom. The molecule has 1 aromatic carbocycles. The van der Waals surface area contributed by atoms with E-state index in [1.54, 1.807) is 0 Å². The van der Waals surface area contributed by atoms with Crippen molar-refractivity contribution in [1.82, 2.24) is 0 Å². The fraction of sp³-hybridized carbons (Fsp3) is 0.625. The van der Waals surface area contributed by atoms with Crippen LogP contribution < -0.4 is 0 Å². The summed E-state index contributed by atoms with van der Waals surface area (Å²) in [6, 6.07) is 9.89. The lowest BCUT2D eigenvalue weighted by Gasteiger charge is -2.13. The first-order valence-corrected chi connectivity index (χ1v) is 7.40. The Morgan fingerprint density at radius 3 is 2.32 bits per heavy atom. The van der Waals surface area contributed by atoms with E-state index in [0.717, 1.165) is 18.4 Å². The van der Waals surface area contributed by atoms with Gasteiger partial charge in [0.1, 0.15) is 0 Å². The van der Waals surface area contributed by atoms with Crippen LogP contribution in [0.5, 0.6) is 0 Å². The molecular formula is C16H25NO2. The standard InChI is InChI=1S/C16H25NO2/c1-2-3-4-5-6-8-13-16(14-17(18)19)15-11-9-7-10-12-15/h7,9-12,16H,2-6,8,13-14H2,1H3. The van der Waals surface area contributed by atoms with E-state index in [4.69, 9.17) is 0 Å². The van der Waals surface area contributed by atoms with Crippen molar-refractivity contribution in [2.75, 3.05) is 6.54 Å². The quantitative estimate of drug-likeness (QED) is 0.346. The van der Waals surface area contributed by atoms with Gasteiger partial charge in [0.25, 0.3) is 0 Å². The third-order valence-corrected chi connectivity index (χ3v) is 3.55. The molecule has 0 aliphatic carbocycles. The number of benzene rings is 1. The topological polar surface area (TPSA) is 43.1 Å². The van der Waals surface area contributed by atoms with Crippen LogP contribution in [0.2, 0.25) is 0 Å². The summed E-state index contributed by atoms with van der Waals surface area (Å²) in [6.45, 7) is 2.27. The van der Waals surface area contributed by atoms with Crippen molar-refractivity contribution in [3.63, 3.8) is 0 Å². The highest BCUT2D eigenvalue weighted by atomic mass is 16.6. The van der Waals surface area contributed by atoms with Gasteiger partial charge in [0.05, 0.1) is 0 Å². The van der Waals surface area contributed by atoms with Crippen LogP contribution in [-0.2, 0) is 0 Å². The Kier molecular flexibility index (Phi) is 7.87. The van der Waals surface area contributed by atoms with E-state index in [1.165, 1.54) is 32.1 Å². The molecule has 0 saturated carbocycles. The first-order valence-electron chi connectivity index (χ1n) is 7.40. The number of rotatable bonds is 10. The molecule has 1 rings (SSSR count). The minimum absolute atomic E-state index is 0.0545. The predicted octanol–water partition coefficient (Wildman–Crippen LogP) is 4.80. The van der Waals surface area contributed by atoms with Crippen molar-refractivity contribution in [3.05, 3.63) is 46.0 Å². The molecule has 0 spiro atoms. The van der Waals surface area contributed by atoms with Crippen molar-refractivity contribution in [2.24, 2.45) is 0 Å². The summed E-state index contributed by atoms with van der Waals surface area (Å²) in [5.41, 5.74) is 1.10. The Balaban J connectivity index is 2.36. The Hall–Kier alpha value is -1.38. The number of unbranched alkanes of at least 4 members (excludes halogenated alkanes) is 5. The summed E-state index contributed by atoms with van der Waals surface area (Å²) >= 11 is 0. The van der Waals surface area contributed by atoms with E-state index in [1.807, 2.05) is 30.3 Å². The third kappa shape index (κ3) is 6.94. The minimum Gasteiger partial charge on any atom is -0.265 e. The molecule has 0 bridgehead atoms. The van der Waals surface area contributed by atoms with Crippen molar-refractivity contribution >= 4 is 0 Å². The van der Waals surface area contributed by atoms with E-state index in [-0.39, 0.29) is 17.4 Å². The van der Waals surface area contributed by atoms with Crippen molar-refractivity contribution < 1.29 is 4.92 Å². The van der Waals surface area contributed by atoms with E-state index >= 15 is 0 Å². The smallest absolute Gasteiger partial charge is 0.210 e. The largest absolute Gasteiger partial charge is 0.265 e. The molecule has 1 atom stereocenters. The normalized spacial score (nSPS) is 12.3. The van der Waals surface area contributed by atoms with Crippen LogP contribution in [0.3, 0.4) is 0 Å². The monoisotopic (exact) mass is 263 g/mol. The lowest BCUT2D eigenvalue weighted by atomic mass is 9.93. The van der Waals surface area contributed by atoms with Crippen molar-refractivity contribution in [3.8, 4) is 0 Å². The molecule has 0 radical (unpaired) electrons. The summed E-state index contributed by atoms with van der Waals surface area (Å²) < 4.78 is 0. The van der Waals surface area contributed by atoms with Crippen molar-refractivity contribution in [1.29, 1.82) is 0 Å². The van der Waals surface area contributed by atoms with Crippen LogP contribution >= 0.6 is 0 Å². The molecule has 19 heavy (non-hydrogen) atoms. The van der Waals surface area contributed by atoms with Crippen LogP contribution in [0.25, 0.3) is 0 Å². The molecule has 0 aliphatic rings. The lowest BCUT2D eigenvalue weighted by Crippen LogP contribution is -2.12. The van der Waals surface area contributed by atoms with Gasteiger partial charge in [-0.1, -0.05) is 75.8 Å². The summed E-state index contributed by atoms with van der Waals surface area (Å²) in [4.78, 5) is 10.6. The van der Waals surface area contributed by atoms with Crippen LogP contribution in [0.1, 0.15) is 63.4 Å². The summed E-state index contributed by atoms with van der Waals surface area (Å²) in [5, 5.41) is 10.8. The Morgan fingerprint density at radius 1 is 1.05 bits per heavy atom. The van der Waals surface area contributed by atoms with Crippen LogP contribution in [0.4, 0.5) is 0 Å². The van der Waals surface area contributed by atoms with Gasteiger partial charge in [-0.2, -0.15) is 0 Å². The molecule has 0 fully saturated rings. The predicted molar refractivity (Wildman–Crippen MR) is 79.0 cm³/mol. The van der Waals surface area contributed by atoms with E-state index in [0.29, 0.717) is 0 Å². The maximum atomic E-state index is 10.8. The van der Waals surface area contributed by atoms with Gasteiger partial charge in [0.15, 0.2) is 0 Å². The number of nitro groups is 1. The number of hydrogen-bond acceptors (Lipinski definition) is 2. The fourth-order valence-corrected chi connectivity index (χ4v) is 2.44. The molecule has 3 heteroatoms. The average molecular weight is 263 g/mol. The van der Waals surface area contributed by atoms with Gasteiger partial charge < -0.3 is 0 Å². The number of hydrogen-bond donors (Lipinski definition) is 0. The van der Waals surface area contributed by atoms with Gasteiger partial charge in [-0.25, -0.2) is 0 Å². The molecule has 0 aliphatic heterocycles. The average Bonchev–Trinajstić information content (AvgIpc) is 2.42. The maximum Gasteiger partial charge on any atom is 0.210 e. The molecule has 0 aromatic heterocycles. The number of nitrogens with zero attached hydrogens (tertiary/aromatic N) is 1. The zero-order chi connectivity index (χ0) is 13.9. The van der Waals surface area contributed by atoms with Gasteiger partial charge in [0.2, 0.25) is 6.54 Å². The highest BCUT2D eigenvalue weighted by molar-refractivity contribution is 5.19. The van der Waals surface area contributed by atoms with Gasteiger partial charge in [-0.3, -0.25) is 10.1 Å². The summed E-state index contributed by atoms with van der Waals surface area (Å²) in [6.07, 6.45) is 8.33. The molecule has 1 unspecified atom stereocenters. The van der Waals surface area contributed by atoms with E-state index in [9.17, 15) is 10.1 Å². The van der Waals surface area contributed by atoms with Gasteiger partial charge in [-0.15, -0.1) is 0 Å². The Labute approximate surface area is 116 Å². The zero-order valence-electron chi connectivity index (χ0n) is 11.9. The highest BCUT2D eigenvalue weighted by Crippen LogP contribution is 2.23. The molecular weight excluding hydrogens is 238 g/mol. The first kappa shape index (κ1) is 15.7. The molecule has 0 N–H and O–H groups in total. The Bertz CT molecular complexity index is 351. The molecule has 0 saturated heterocycles. The maximum absolute atomic E-state index is 10.8. The van der Waals surface area contributed by atoms with Gasteiger partial charge in [0, 0.05) is 10.8 Å². The second-order valence-electron chi connectivity index (χ2n) is 5.18. The zero-order valence-corrected chi connectivity index (χ0v) is 11.9. The minimum atomic E-state index is -0.186. The molecule has 1 aromatic rings. The summed E-state index contributed by atoms with van der Waals surface area (Å²) in [7, 11) is 0. The van der Waals surface area contributed by atoms with Gasteiger partial charge >= 0.3 is 0 Å². The van der Waals surface area contributed by atoms with Crippen molar-refractivity contribution in [2.45, 2.75) is 57.8 Å². The second-order valence-corrected chi connectivity index (χ2v) is 5.18. The SMILES string of the molecule is CCCCCCCCC(C[N+](=O)[O-])c1ccccc1. The highest BCUT2D eigenvalue weighted by Gasteiger charge is 2.16. The first-order chi connectivity index (χ1) is 9.24. The lowest BCUT2D eigenvalue weighted by molar-refractivity contribution is -0.483. The second kappa shape index (κ2) is 9.54. The molecule has 0 heterocycles. The molecule has 106 valence electrons.